The fraction of sp³-hybridized carbons (Fsp3) is 0.200. The quantitative estimate of drug-likeness (QED) is 0.508. The Bertz CT molecular complexity index is 859. The van der Waals surface area contributed by atoms with Crippen LogP contribution in [-0.2, 0) is 18.9 Å². The van der Waals surface area contributed by atoms with Crippen molar-refractivity contribution in [1.82, 2.24) is 34.4 Å². The third-order valence-electron chi connectivity index (χ3n) is 4.63. The van der Waals surface area contributed by atoms with Crippen molar-refractivity contribution < 1.29 is 0 Å². The van der Waals surface area contributed by atoms with Gasteiger partial charge in [0.25, 0.3) is 0 Å². The van der Waals surface area contributed by atoms with E-state index in [4.69, 9.17) is 0 Å². The molecule has 0 aliphatic heterocycles. The van der Waals surface area contributed by atoms with Crippen LogP contribution in [0.1, 0.15) is 18.3 Å². The van der Waals surface area contributed by atoms with Gasteiger partial charge in [0.05, 0.1) is 11.4 Å². The minimum Gasteiger partial charge on any atom is -0.260 e. The highest BCUT2D eigenvalue weighted by Crippen LogP contribution is 2.26. The highest BCUT2D eigenvalue weighted by atomic mass is 15.6. The molecule has 4 aromatic heterocycles. The van der Waals surface area contributed by atoms with Crippen molar-refractivity contribution in [3.63, 3.8) is 0 Å². The summed E-state index contributed by atoms with van der Waals surface area (Å²) in [5.74, 6) is -0.665. The van der Waals surface area contributed by atoms with E-state index in [2.05, 4.69) is 32.0 Å². The molecule has 0 bridgehead atoms. The molecule has 0 N–H and O–H groups in total. The molecule has 0 fully saturated rings. The normalized spacial score (nSPS) is 11.8. The minimum atomic E-state index is -0.665. The van der Waals surface area contributed by atoms with Crippen LogP contribution in [0.3, 0.4) is 0 Å². The second kappa shape index (κ2) is 7.51. The Kier molecular flexibility index (Phi) is 4.76. The van der Waals surface area contributed by atoms with Gasteiger partial charge in [-0.2, -0.15) is 10.2 Å². The second-order valence-corrected chi connectivity index (χ2v) is 6.37. The number of nitrogens with zero attached hydrogens (tertiary/aromatic N) is 7. The van der Waals surface area contributed by atoms with Crippen LogP contribution < -0.4 is 0 Å². The molecule has 0 saturated heterocycles. The Balaban J connectivity index is 1.79. The van der Waals surface area contributed by atoms with E-state index in [1.54, 1.807) is 12.4 Å². The molecule has 0 atom stereocenters. The van der Waals surface area contributed by atoms with E-state index in [-0.39, 0.29) is 0 Å². The van der Waals surface area contributed by atoms with Crippen molar-refractivity contribution >= 4 is 0 Å². The maximum Gasteiger partial charge on any atom is 0.208 e. The Morgan fingerprint density at radius 3 is 1.63 bits per heavy atom. The van der Waals surface area contributed by atoms with E-state index in [9.17, 15) is 0 Å². The molecule has 0 saturated carbocycles. The molecule has 7 heteroatoms. The lowest BCUT2D eigenvalue weighted by Crippen LogP contribution is -2.53. The Morgan fingerprint density at radius 2 is 1.26 bits per heavy atom. The van der Waals surface area contributed by atoms with Crippen LogP contribution in [0.2, 0.25) is 0 Å². The molecule has 4 aromatic rings. The zero-order valence-electron chi connectivity index (χ0n) is 15.1. The first kappa shape index (κ1) is 17.1. The number of hydrogen-bond acceptors (Lipinski definition) is 5. The Labute approximate surface area is 157 Å². The summed E-state index contributed by atoms with van der Waals surface area (Å²) in [6, 6.07) is 15.7. The molecule has 4 heterocycles. The predicted octanol–water partition coefficient (Wildman–Crippen LogP) is 2.75. The number of hydrogen-bond donors (Lipinski definition) is 0. The van der Waals surface area contributed by atoms with Gasteiger partial charge in [-0.15, -0.1) is 0 Å². The monoisotopic (exact) mass is 359 g/mol. The summed E-state index contributed by atoms with van der Waals surface area (Å²) in [5.41, 5.74) is 1.94. The summed E-state index contributed by atoms with van der Waals surface area (Å²) < 4.78 is 3.82. The van der Waals surface area contributed by atoms with Crippen LogP contribution in [0.5, 0.6) is 0 Å². The third kappa shape index (κ3) is 3.50. The van der Waals surface area contributed by atoms with Gasteiger partial charge in [-0.25, -0.2) is 14.3 Å². The average molecular weight is 359 g/mol. The van der Waals surface area contributed by atoms with E-state index in [0.717, 1.165) is 11.4 Å². The highest BCUT2D eigenvalue weighted by Gasteiger charge is 2.37. The lowest BCUT2D eigenvalue weighted by Gasteiger charge is -2.41. The Morgan fingerprint density at radius 1 is 0.741 bits per heavy atom. The average Bonchev–Trinajstić information content (AvgIpc) is 3.43. The van der Waals surface area contributed by atoms with Gasteiger partial charge in [-0.3, -0.25) is 9.97 Å². The molecule has 0 radical (unpaired) electrons. The molecule has 0 aliphatic carbocycles. The van der Waals surface area contributed by atoms with Crippen LogP contribution in [0.15, 0.2) is 85.7 Å². The fourth-order valence-electron chi connectivity index (χ4n) is 3.16. The van der Waals surface area contributed by atoms with Crippen LogP contribution in [0.4, 0.5) is 0 Å². The van der Waals surface area contributed by atoms with E-state index in [0.29, 0.717) is 13.1 Å². The van der Waals surface area contributed by atoms with Crippen molar-refractivity contribution in [2.24, 2.45) is 0 Å². The zero-order valence-corrected chi connectivity index (χ0v) is 15.1. The lowest BCUT2D eigenvalue weighted by atomic mass is 10.2. The number of rotatable bonds is 7. The third-order valence-corrected chi connectivity index (χ3v) is 4.63. The van der Waals surface area contributed by atoms with Gasteiger partial charge in [0.1, 0.15) is 0 Å². The van der Waals surface area contributed by atoms with Gasteiger partial charge in [-0.1, -0.05) is 12.1 Å². The minimum absolute atomic E-state index is 0.619. The van der Waals surface area contributed by atoms with Gasteiger partial charge in [0.15, 0.2) is 0 Å². The van der Waals surface area contributed by atoms with Crippen LogP contribution >= 0.6 is 0 Å². The summed E-state index contributed by atoms with van der Waals surface area (Å²) in [4.78, 5) is 11.3. The first-order valence-corrected chi connectivity index (χ1v) is 8.82. The molecule has 0 unspecified atom stereocenters. The zero-order chi connectivity index (χ0) is 18.5. The molecule has 27 heavy (non-hydrogen) atoms. The molecule has 4 rings (SSSR count). The smallest absolute Gasteiger partial charge is 0.208 e. The van der Waals surface area contributed by atoms with Gasteiger partial charge in [-0.05, 0) is 43.3 Å². The SMILES string of the molecule is CC(N(Cc1ccccn1)Cc1ccccn1)(n1cccn1)n1cccn1. The van der Waals surface area contributed by atoms with Crippen molar-refractivity contribution in [1.29, 1.82) is 0 Å². The van der Waals surface area contributed by atoms with Crippen molar-refractivity contribution in [2.45, 2.75) is 25.8 Å². The first-order chi connectivity index (χ1) is 13.3. The molecule has 7 nitrogen and oxygen atoms in total. The van der Waals surface area contributed by atoms with Crippen LogP contribution in [0, 0.1) is 0 Å². The highest BCUT2D eigenvalue weighted by molar-refractivity contribution is 5.08. The van der Waals surface area contributed by atoms with Crippen LogP contribution in [-0.4, -0.2) is 34.4 Å². The molecular weight excluding hydrogens is 338 g/mol. The second-order valence-electron chi connectivity index (χ2n) is 6.37. The summed E-state index contributed by atoms with van der Waals surface area (Å²) in [6.45, 7) is 3.33. The van der Waals surface area contributed by atoms with Crippen molar-refractivity contribution in [2.75, 3.05) is 0 Å². The van der Waals surface area contributed by atoms with Gasteiger partial charge < -0.3 is 0 Å². The molecule has 0 aliphatic rings. The Hall–Kier alpha value is -3.32. The number of pyridine rings is 2. The maximum atomic E-state index is 4.52. The largest absolute Gasteiger partial charge is 0.260 e. The molecule has 0 aromatic carbocycles. The molecule has 136 valence electrons. The van der Waals surface area contributed by atoms with E-state index < -0.39 is 5.79 Å². The van der Waals surface area contributed by atoms with Gasteiger partial charge in [0, 0.05) is 50.3 Å². The summed E-state index contributed by atoms with van der Waals surface area (Å²) >= 11 is 0. The first-order valence-electron chi connectivity index (χ1n) is 8.82. The molecule has 0 spiro atoms. The van der Waals surface area contributed by atoms with Crippen molar-refractivity contribution in [3.05, 3.63) is 97.1 Å². The van der Waals surface area contributed by atoms with E-state index in [1.165, 1.54) is 0 Å². The number of aromatic nitrogens is 6. The lowest BCUT2D eigenvalue weighted by molar-refractivity contribution is -0.0321. The van der Waals surface area contributed by atoms with Gasteiger partial charge >= 0.3 is 0 Å². The summed E-state index contributed by atoms with van der Waals surface area (Å²) in [5, 5.41) is 9.04. The molecular formula is C20H21N7. The van der Waals surface area contributed by atoms with Crippen molar-refractivity contribution in [3.8, 4) is 0 Å². The maximum absolute atomic E-state index is 4.52. The van der Waals surface area contributed by atoms with E-state index >= 15 is 0 Å². The summed E-state index contributed by atoms with van der Waals surface area (Å²) in [6.07, 6.45) is 11.1. The van der Waals surface area contributed by atoms with Crippen LogP contribution in [0.25, 0.3) is 0 Å². The predicted molar refractivity (Wildman–Crippen MR) is 101 cm³/mol. The van der Waals surface area contributed by atoms with E-state index in [1.807, 2.05) is 82.7 Å². The topological polar surface area (TPSA) is 64.7 Å². The standard InChI is InChI=1S/C20H21N7/c1-20(26-14-6-12-23-26,27-15-7-13-24-27)25(16-18-8-2-4-10-21-18)17-19-9-3-5-11-22-19/h2-15H,16-17H2,1H3. The molecule has 0 amide bonds. The summed E-state index contributed by atoms with van der Waals surface area (Å²) in [7, 11) is 0. The van der Waals surface area contributed by atoms with Gasteiger partial charge in [0.2, 0.25) is 5.79 Å². The fourth-order valence-corrected chi connectivity index (χ4v) is 3.16.